The van der Waals surface area contributed by atoms with Gasteiger partial charge >= 0.3 is 0 Å². The maximum Gasteiger partial charge on any atom is 0.0725 e. The molecular weight excluding hydrogens is 1290 g/mol. The molecule has 105 heavy (non-hydrogen) atoms. The van der Waals surface area contributed by atoms with Gasteiger partial charge in [-0.2, -0.15) is 0 Å². The van der Waals surface area contributed by atoms with Crippen LogP contribution in [0.15, 0.2) is 370 Å². The second-order valence-corrected chi connectivity index (χ2v) is 30.2. The van der Waals surface area contributed by atoms with E-state index in [-0.39, 0.29) is 0 Å². The Morgan fingerprint density at radius 2 is 0.552 bits per heavy atom. The number of rotatable bonds is 11. The number of fused-ring (bicyclic) bond motifs is 19. The zero-order chi connectivity index (χ0) is 69.7. The summed E-state index contributed by atoms with van der Waals surface area (Å²) in [5.41, 5.74) is 36.6. The molecule has 0 radical (unpaired) electrons. The Morgan fingerprint density at radius 1 is 0.210 bits per heavy atom. The molecule has 0 amide bonds. The van der Waals surface area contributed by atoms with Crippen LogP contribution in [0.5, 0.6) is 0 Å². The summed E-state index contributed by atoms with van der Waals surface area (Å²) in [6, 6.07) is 141. The molecule has 0 fully saturated rings. The van der Waals surface area contributed by atoms with Crippen molar-refractivity contribution in [3.05, 3.63) is 454 Å². The van der Waals surface area contributed by atoms with Gasteiger partial charge in [0, 0.05) is 54.3 Å². The molecule has 1 spiro atoms. The van der Waals surface area contributed by atoms with Crippen LogP contribution in [-0.4, -0.2) is 0 Å². The van der Waals surface area contributed by atoms with Gasteiger partial charge in [0.15, 0.2) is 0 Å². The topological polar surface area (TPSA) is 6.48 Å². The second kappa shape index (κ2) is 23.4. The highest BCUT2D eigenvalue weighted by molar-refractivity contribution is 7.25. The van der Waals surface area contributed by atoms with E-state index >= 15 is 0 Å². The number of anilines is 6. The van der Waals surface area contributed by atoms with Crippen LogP contribution in [-0.2, 0) is 16.2 Å². The molecule has 4 aliphatic rings. The van der Waals surface area contributed by atoms with E-state index in [1.165, 1.54) is 154 Å². The normalized spacial score (nSPS) is 13.9. The SMILES string of the molecule is Cc1ccc2c(c1)C(c1ccccc1)(c1ccccc1)c1cc(N(c3ccc(-c4ccc(N(c5ccc6c(c5)-c5ccccc5C65c6ccccc6-c6ccccc65)c5ccc6c(c5)sc5ccccc56)cc4)c(C)c3)c3ccc4c(c3)C(c3ccccc3)(c3ccccc3)c3cc(C)ccc3-4)ccc1-2. The van der Waals surface area contributed by atoms with Crippen molar-refractivity contribution < 1.29 is 0 Å². The predicted octanol–water partition coefficient (Wildman–Crippen LogP) is 26.7. The van der Waals surface area contributed by atoms with Crippen molar-refractivity contribution in [2.45, 2.75) is 37.0 Å². The molecule has 0 unspecified atom stereocenters. The number of aryl methyl sites for hydroxylation is 3. The van der Waals surface area contributed by atoms with E-state index in [4.69, 9.17) is 0 Å². The fraction of sp³-hybridized carbons (Fsp3) is 0.0588. The summed E-state index contributed by atoms with van der Waals surface area (Å²) in [5, 5.41) is 2.58. The summed E-state index contributed by atoms with van der Waals surface area (Å²) in [5.74, 6) is 0. The zero-order valence-corrected chi connectivity index (χ0v) is 59.3. The third-order valence-electron chi connectivity index (χ3n) is 23.7. The van der Waals surface area contributed by atoms with Crippen molar-refractivity contribution in [3.8, 4) is 55.6 Å². The molecule has 0 bridgehead atoms. The largest absolute Gasteiger partial charge is 0.310 e. The Labute approximate surface area is 617 Å². The van der Waals surface area contributed by atoms with E-state index in [0.717, 1.165) is 39.7 Å². The summed E-state index contributed by atoms with van der Waals surface area (Å²) in [7, 11) is 0. The maximum atomic E-state index is 2.54. The number of thiophene rings is 1. The van der Waals surface area contributed by atoms with Crippen molar-refractivity contribution >= 4 is 65.6 Å². The molecular formula is C102H70N2S. The molecule has 4 aliphatic carbocycles. The zero-order valence-electron chi connectivity index (χ0n) is 58.5. The summed E-state index contributed by atoms with van der Waals surface area (Å²) in [4.78, 5) is 5.02. The average molecular weight is 1360 g/mol. The molecule has 1 heterocycles. The van der Waals surface area contributed by atoms with Crippen LogP contribution >= 0.6 is 11.3 Å². The Kier molecular flexibility index (Phi) is 13.6. The molecule has 3 heteroatoms. The van der Waals surface area contributed by atoms with Crippen LogP contribution in [0.3, 0.4) is 0 Å². The van der Waals surface area contributed by atoms with E-state index < -0.39 is 16.2 Å². The molecule has 0 aliphatic heterocycles. The highest BCUT2D eigenvalue weighted by Gasteiger charge is 2.53. The Morgan fingerprint density at radius 3 is 1.06 bits per heavy atom. The molecule has 21 rings (SSSR count). The molecule has 0 saturated carbocycles. The molecule has 17 aromatic rings. The summed E-state index contributed by atoms with van der Waals surface area (Å²) in [6.07, 6.45) is 0. The predicted molar refractivity (Wildman–Crippen MR) is 439 cm³/mol. The molecule has 1 aromatic heterocycles. The Hall–Kier alpha value is -12.7. The van der Waals surface area contributed by atoms with Gasteiger partial charge in [-0.05, 0) is 228 Å². The van der Waals surface area contributed by atoms with Crippen molar-refractivity contribution in [1.29, 1.82) is 0 Å². The fourth-order valence-corrected chi connectivity index (χ4v) is 20.5. The Bertz CT molecular complexity index is 6070. The number of hydrogen-bond acceptors (Lipinski definition) is 3. The standard InChI is InChI=1S/C102H70N2S/c1-65-40-51-83-85-54-47-76(62-96(85)100(94(83)58-65,69-24-8-4-9-25-69)70-26-10-5-11-27-70)104(77-48-55-86-84-52-41-66(2)59-95(84)101(97(86)63-77,71-28-12-6-13-29-71)72-30-14-7-15-31-72)74-46-53-79(67(3)60-74)68-42-44-73(45-43-68)103(78-49-56-88-87-35-19-23-39-98(87)105-99(88)64-78)75-50-57-93-89(61-75)82-34-18-22-38-92(82)102(93)90-36-20-16-32-80(90)81-33-17-21-37-91(81)102/h4-64H,1-3H3. The first kappa shape index (κ1) is 61.0. The van der Waals surface area contributed by atoms with E-state index in [9.17, 15) is 0 Å². The van der Waals surface area contributed by atoms with Crippen molar-refractivity contribution in [2.75, 3.05) is 9.80 Å². The van der Waals surface area contributed by atoms with Gasteiger partial charge in [0.05, 0.1) is 16.2 Å². The second-order valence-electron chi connectivity index (χ2n) is 29.1. The first-order valence-corrected chi connectivity index (χ1v) is 37.5. The maximum absolute atomic E-state index is 2.54. The molecule has 2 nitrogen and oxygen atoms in total. The van der Waals surface area contributed by atoms with Gasteiger partial charge in [0.1, 0.15) is 0 Å². The van der Waals surface area contributed by atoms with Gasteiger partial charge in [-0.3, -0.25) is 0 Å². The minimum absolute atomic E-state index is 0.433. The van der Waals surface area contributed by atoms with Crippen molar-refractivity contribution in [3.63, 3.8) is 0 Å². The van der Waals surface area contributed by atoms with Gasteiger partial charge in [-0.25, -0.2) is 0 Å². The van der Waals surface area contributed by atoms with E-state index in [1.807, 2.05) is 11.3 Å². The third kappa shape index (κ3) is 8.77. The third-order valence-corrected chi connectivity index (χ3v) is 24.8. The lowest BCUT2D eigenvalue weighted by Crippen LogP contribution is -2.29. The Balaban J connectivity index is 0.731. The van der Waals surface area contributed by atoms with Crippen LogP contribution in [0.4, 0.5) is 34.1 Å². The molecule has 0 saturated heterocycles. The van der Waals surface area contributed by atoms with Crippen LogP contribution in [0, 0.1) is 20.8 Å². The fourth-order valence-electron chi connectivity index (χ4n) is 19.3. The van der Waals surface area contributed by atoms with Gasteiger partial charge < -0.3 is 9.80 Å². The van der Waals surface area contributed by atoms with Gasteiger partial charge in [-0.15, -0.1) is 11.3 Å². The van der Waals surface area contributed by atoms with E-state index in [1.54, 1.807) is 0 Å². The minimum Gasteiger partial charge on any atom is -0.310 e. The monoisotopic (exact) mass is 1350 g/mol. The molecule has 0 atom stereocenters. The first-order valence-electron chi connectivity index (χ1n) is 36.7. The summed E-state index contributed by atoms with van der Waals surface area (Å²) in [6.45, 7) is 6.76. The average Bonchev–Trinajstić information content (AvgIpc) is 1.52. The van der Waals surface area contributed by atoms with Gasteiger partial charge in [-0.1, -0.05) is 302 Å². The lowest BCUT2D eigenvalue weighted by Gasteiger charge is -2.36. The molecule has 0 N–H and O–H groups in total. The molecule has 494 valence electrons. The number of nitrogens with zero attached hydrogens (tertiary/aromatic N) is 2. The number of benzene rings is 16. The van der Waals surface area contributed by atoms with Crippen LogP contribution in [0.1, 0.15) is 83.5 Å². The van der Waals surface area contributed by atoms with E-state index in [0.29, 0.717) is 0 Å². The van der Waals surface area contributed by atoms with Gasteiger partial charge in [0.2, 0.25) is 0 Å². The smallest absolute Gasteiger partial charge is 0.0725 e. The van der Waals surface area contributed by atoms with Crippen LogP contribution in [0.25, 0.3) is 75.8 Å². The quantitative estimate of drug-likeness (QED) is 0.127. The van der Waals surface area contributed by atoms with E-state index in [2.05, 4.69) is 401 Å². The van der Waals surface area contributed by atoms with Crippen molar-refractivity contribution in [2.24, 2.45) is 0 Å². The summed E-state index contributed by atoms with van der Waals surface area (Å²) < 4.78 is 2.56. The number of hydrogen-bond donors (Lipinski definition) is 0. The molecule has 16 aromatic carbocycles. The lowest BCUT2D eigenvalue weighted by molar-refractivity contribution is 0.766. The lowest BCUT2D eigenvalue weighted by atomic mass is 9.67. The van der Waals surface area contributed by atoms with Crippen LogP contribution in [0.2, 0.25) is 0 Å². The van der Waals surface area contributed by atoms with Gasteiger partial charge in [0.25, 0.3) is 0 Å². The highest BCUT2D eigenvalue weighted by Crippen LogP contribution is 2.65. The van der Waals surface area contributed by atoms with Crippen molar-refractivity contribution in [1.82, 2.24) is 0 Å². The minimum atomic E-state index is -0.606. The highest BCUT2D eigenvalue weighted by atomic mass is 32.1. The first-order chi connectivity index (χ1) is 51.8. The van der Waals surface area contributed by atoms with Crippen LogP contribution < -0.4 is 9.80 Å². The summed E-state index contributed by atoms with van der Waals surface area (Å²) >= 11 is 1.87.